The molecule has 1 unspecified atom stereocenters. The van der Waals surface area contributed by atoms with Crippen molar-refractivity contribution in [3.63, 3.8) is 0 Å². The van der Waals surface area contributed by atoms with Crippen molar-refractivity contribution in [2.75, 3.05) is 32.8 Å². The summed E-state index contributed by atoms with van der Waals surface area (Å²) in [6.45, 7) is 7.26. The minimum atomic E-state index is -0.922. The second kappa shape index (κ2) is 12.2. The van der Waals surface area contributed by atoms with Gasteiger partial charge in [-0.05, 0) is 81.7 Å². The van der Waals surface area contributed by atoms with Crippen LogP contribution in [0.15, 0.2) is 42.5 Å². The number of nitrogens with one attached hydrogen (secondary N) is 1. The molecule has 1 fully saturated rings. The second-order valence-electron chi connectivity index (χ2n) is 9.64. The quantitative estimate of drug-likeness (QED) is 0.460. The van der Waals surface area contributed by atoms with Gasteiger partial charge < -0.3 is 29.5 Å². The van der Waals surface area contributed by atoms with Gasteiger partial charge in [0.05, 0.1) is 12.1 Å². The van der Waals surface area contributed by atoms with Gasteiger partial charge in [-0.2, -0.15) is 0 Å². The van der Waals surface area contributed by atoms with Gasteiger partial charge in [-0.15, -0.1) is 0 Å². The minimum absolute atomic E-state index is 0.0490. The van der Waals surface area contributed by atoms with Gasteiger partial charge in [-0.3, -0.25) is 9.59 Å². The first-order valence-electron chi connectivity index (χ1n) is 12.8. The van der Waals surface area contributed by atoms with Gasteiger partial charge in [0.25, 0.3) is 0 Å². The zero-order chi connectivity index (χ0) is 25.5. The molecule has 2 atom stereocenters. The Morgan fingerprint density at radius 3 is 2.39 bits per heavy atom. The number of rotatable bonds is 11. The third kappa shape index (κ3) is 6.98. The highest BCUT2D eigenvalue weighted by Crippen LogP contribution is 2.33. The Morgan fingerprint density at radius 1 is 1.00 bits per heavy atom. The predicted octanol–water partition coefficient (Wildman–Crippen LogP) is 3.52. The van der Waals surface area contributed by atoms with Gasteiger partial charge in [0.2, 0.25) is 5.91 Å². The number of amides is 1. The molecule has 0 saturated carbocycles. The van der Waals surface area contributed by atoms with E-state index in [0.29, 0.717) is 48.1 Å². The maximum atomic E-state index is 12.8. The number of carbonyl (C=O) groups is 2. The number of aliphatic hydroxyl groups excluding tert-OH is 1. The summed E-state index contributed by atoms with van der Waals surface area (Å²) in [7, 11) is 0. The first kappa shape index (κ1) is 26.0. The Kier molecular flexibility index (Phi) is 8.83. The molecule has 8 nitrogen and oxygen atoms in total. The largest absolute Gasteiger partial charge is 0.491 e. The van der Waals surface area contributed by atoms with E-state index in [0.717, 1.165) is 25.9 Å². The molecule has 2 N–H and O–H groups in total. The summed E-state index contributed by atoms with van der Waals surface area (Å²) in [6.07, 6.45) is 1.49. The molecule has 194 valence electrons. The van der Waals surface area contributed by atoms with E-state index >= 15 is 0 Å². The number of carbonyl (C=O) groups excluding carboxylic acids is 2. The van der Waals surface area contributed by atoms with E-state index < -0.39 is 12.1 Å². The molecule has 0 radical (unpaired) electrons. The molecule has 0 bridgehead atoms. The van der Waals surface area contributed by atoms with Crippen molar-refractivity contribution < 1.29 is 28.9 Å². The molecule has 36 heavy (non-hydrogen) atoms. The van der Waals surface area contributed by atoms with Crippen molar-refractivity contribution in [2.45, 2.75) is 57.8 Å². The third-order valence-electron chi connectivity index (χ3n) is 6.42. The van der Waals surface area contributed by atoms with Crippen molar-refractivity contribution in [2.24, 2.45) is 0 Å². The van der Waals surface area contributed by atoms with Crippen LogP contribution in [0.5, 0.6) is 17.2 Å². The predicted molar refractivity (Wildman–Crippen MR) is 136 cm³/mol. The Hall–Kier alpha value is -3.10. The molecule has 0 aromatic heterocycles. The lowest BCUT2D eigenvalue weighted by Gasteiger charge is -2.29. The lowest BCUT2D eigenvalue weighted by Crippen LogP contribution is -2.46. The van der Waals surface area contributed by atoms with Crippen LogP contribution < -0.4 is 19.5 Å². The van der Waals surface area contributed by atoms with Crippen LogP contribution >= 0.6 is 0 Å². The Morgan fingerprint density at radius 2 is 1.69 bits per heavy atom. The fourth-order valence-electron chi connectivity index (χ4n) is 4.59. The number of likely N-dealkylation sites (tertiary alicyclic amines) is 1. The molecule has 2 aromatic rings. The van der Waals surface area contributed by atoms with Crippen LogP contribution in [-0.2, 0) is 4.79 Å². The zero-order valence-electron chi connectivity index (χ0n) is 21.1. The summed E-state index contributed by atoms with van der Waals surface area (Å²) in [5.74, 6) is 1.59. The van der Waals surface area contributed by atoms with Crippen LogP contribution in [0, 0.1) is 0 Å². The average molecular weight is 497 g/mol. The number of Topliss-reactive ketones (excluding diaryl/α,β-unsaturated/α-hetero) is 1. The van der Waals surface area contributed by atoms with Crippen LogP contribution in [0.4, 0.5) is 0 Å². The molecule has 0 aliphatic carbocycles. The van der Waals surface area contributed by atoms with E-state index in [1.54, 1.807) is 42.5 Å². The van der Waals surface area contributed by atoms with Crippen molar-refractivity contribution in [1.82, 2.24) is 10.2 Å². The number of benzene rings is 2. The molecule has 8 heteroatoms. The SMILES string of the molecule is CC(C)Oc1ccc(C(=O)CCC(=O)N[C@H](CN2CCCC2)C(O)c2ccc3c(c2)OCCO3)cc1. The topological polar surface area (TPSA) is 97.3 Å². The highest BCUT2D eigenvalue weighted by molar-refractivity contribution is 5.98. The summed E-state index contributed by atoms with van der Waals surface area (Å²) >= 11 is 0. The Bertz CT molecular complexity index is 1030. The minimum Gasteiger partial charge on any atom is -0.491 e. The molecular formula is C28H36N2O6. The lowest BCUT2D eigenvalue weighted by atomic mass is 10.00. The van der Waals surface area contributed by atoms with E-state index in [4.69, 9.17) is 14.2 Å². The first-order chi connectivity index (χ1) is 17.4. The maximum Gasteiger partial charge on any atom is 0.220 e. The van der Waals surface area contributed by atoms with E-state index in [1.165, 1.54) is 0 Å². The van der Waals surface area contributed by atoms with Crippen LogP contribution in [0.3, 0.4) is 0 Å². The molecule has 2 heterocycles. The number of ether oxygens (including phenoxy) is 3. The molecule has 2 aliphatic rings. The van der Waals surface area contributed by atoms with Crippen molar-refractivity contribution >= 4 is 11.7 Å². The van der Waals surface area contributed by atoms with Gasteiger partial charge >= 0.3 is 0 Å². The number of hydrogen-bond acceptors (Lipinski definition) is 7. The highest BCUT2D eigenvalue weighted by Gasteiger charge is 2.28. The van der Waals surface area contributed by atoms with E-state index in [-0.39, 0.29) is 30.6 Å². The van der Waals surface area contributed by atoms with Crippen molar-refractivity contribution in [3.05, 3.63) is 53.6 Å². The number of fused-ring (bicyclic) bond motifs is 1. The third-order valence-corrected chi connectivity index (χ3v) is 6.42. The van der Waals surface area contributed by atoms with E-state index in [2.05, 4.69) is 10.2 Å². The van der Waals surface area contributed by atoms with Crippen LogP contribution in [-0.4, -0.2) is 66.7 Å². The molecule has 2 aromatic carbocycles. The Balaban J connectivity index is 1.37. The molecule has 4 rings (SSSR count). The van der Waals surface area contributed by atoms with Crippen molar-refractivity contribution in [3.8, 4) is 17.2 Å². The van der Waals surface area contributed by atoms with Gasteiger partial charge in [-0.25, -0.2) is 0 Å². The van der Waals surface area contributed by atoms with Gasteiger partial charge in [0.15, 0.2) is 17.3 Å². The number of aliphatic hydroxyl groups is 1. The zero-order valence-corrected chi connectivity index (χ0v) is 21.1. The van der Waals surface area contributed by atoms with Crippen LogP contribution in [0.2, 0.25) is 0 Å². The van der Waals surface area contributed by atoms with Gasteiger partial charge in [0.1, 0.15) is 25.1 Å². The van der Waals surface area contributed by atoms with Gasteiger partial charge in [-0.1, -0.05) is 6.07 Å². The number of ketones is 1. The average Bonchev–Trinajstić information content (AvgIpc) is 3.39. The summed E-state index contributed by atoms with van der Waals surface area (Å²) in [5.41, 5.74) is 1.20. The normalized spacial score (nSPS) is 17.0. The fraction of sp³-hybridized carbons (Fsp3) is 0.500. The molecule has 1 saturated heterocycles. The van der Waals surface area contributed by atoms with E-state index in [1.807, 2.05) is 13.8 Å². The number of hydrogen-bond donors (Lipinski definition) is 2. The Labute approximate surface area is 212 Å². The lowest BCUT2D eigenvalue weighted by molar-refractivity contribution is -0.122. The molecule has 2 aliphatic heterocycles. The smallest absolute Gasteiger partial charge is 0.220 e. The maximum absolute atomic E-state index is 12.8. The summed E-state index contributed by atoms with van der Waals surface area (Å²) < 4.78 is 16.9. The second-order valence-corrected chi connectivity index (χ2v) is 9.64. The van der Waals surface area contributed by atoms with Crippen LogP contribution in [0.1, 0.15) is 61.6 Å². The number of nitrogens with zero attached hydrogens (tertiary/aromatic N) is 1. The monoisotopic (exact) mass is 496 g/mol. The first-order valence-corrected chi connectivity index (χ1v) is 12.8. The van der Waals surface area contributed by atoms with E-state index in [9.17, 15) is 14.7 Å². The van der Waals surface area contributed by atoms with Crippen molar-refractivity contribution in [1.29, 1.82) is 0 Å². The summed E-state index contributed by atoms with van der Waals surface area (Å²) in [6, 6.07) is 11.8. The summed E-state index contributed by atoms with van der Waals surface area (Å²) in [5, 5.41) is 14.2. The van der Waals surface area contributed by atoms with Gasteiger partial charge in [0, 0.05) is 24.9 Å². The molecule has 1 amide bonds. The standard InChI is InChI=1S/C28H36N2O6/c1-19(2)36-22-8-5-20(6-9-22)24(31)10-12-27(32)29-23(18-30-13-3-4-14-30)28(33)21-7-11-25-26(17-21)35-16-15-34-25/h5-9,11,17,19,23,28,33H,3-4,10,12-16,18H2,1-2H3,(H,29,32)/t23-,28?/m1/s1. The molecule has 0 spiro atoms. The highest BCUT2D eigenvalue weighted by atomic mass is 16.6. The fourth-order valence-corrected chi connectivity index (χ4v) is 4.59. The molecular weight excluding hydrogens is 460 g/mol. The van der Waals surface area contributed by atoms with Crippen LogP contribution in [0.25, 0.3) is 0 Å². The summed E-state index contributed by atoms with van der Waals surface area (Å²) in [4.78, 5) is 27.7.